The van der Waals surface area contributed by atoms with Crippen LogP contribution in [0.3, 0.4) is 0 Å². The molecule has 9 heavy (non-hydrogen) atoms. The summed E-state index contributed by atoms with van der Waals surface area (Å²) >= 11 is 0. The topological polar surface area (TPSA) is 24.7 Å². The lowest BCUT2D eigenvalue weighted by molar-refractivity contribution is 1.58. The SMILES string of the molecule is CBN=CC1=NC=CC1. The average molecular weight is 120 g/mol. The number of allylic oxidation sites excluding steroid dienone is 1. The Balaban J connectivity index is 2.38. The van der Waals surface area contributed by atoms with Gasteiger partial charge in [-0.3, -0.25) is 4.99 Å². The van der Waals surface area contributed by atoms with Crippen LogP contribution in [-0.2, 0) is 0 Å². The maximum atomic E-state index is 4.06. The smallest absolute Gasteiger partial charge is 0.258 e. The predicted octanol–water partition coefficient (Wildman–Crippen LogP) is 0.815. The van der Waals surface area contributed by atoms with E-state index < -0.39 is 0 Å². The van der Waals surface area contributed by atoms with Crippen LogP contribution in [0.2, 0.25) is 6.82 Å². The van der Waals surface area contributed by atoms with Gasteiger partial charge < -0.3 is 4.90 Å². The number of hydrogen-bond acceptors (Lipinski definition) is 2. The summed E-state index contributed by atoms with van der Waals surface area (Å²) < 4.78 is 0. The second-order valence-electron chi connectivity index (χ2n) is 1.84. The maximum Gasteiger partial charge on any atom is 0.258 e. The standard InChI is InChI=1S/C6H9BN2/c1-7-9-5-6-3-2-4-8-6/h2,4-5,7H,3H2,1H3. The van der Waals surface area contributed by atoms with Gasteiger partial charge in [-0.2, -0.15) is 0 Å². The molecule has 0 N–H and O–H groups in total. The first-order valence-electron chi connectivity index (χ1n) is 3.15. The monoisotopic (exact) mass is 120 g/mol. The zero-order valence-electron chi connectivity index (χ0n) is 5.54. The lowest BCUT2D eigenvalue weighted by Gasteiger charge is -1.84. The number of hydrogen-bond donors (Lipinski definition) is 0. The van der Waals surface area contributed by atoms with Crippen LogP contribution in [0.15, 0.2) is 22.2 Å². The van der Waals surface area contributed by atoms with Gasteiger partial charge in [0.1, 0.15) is 0 Å². The summed E-state index contributed by atoms with van der Waals surface area (Å²) in [5.41, 5.74) is 1.07. The number of rotatable bonds is 2. The normalized spacial score (nSPS) is 16.8. The molecule has 0 fully saturated rings. The lowest BCUT2D eigenvalue weighted by atomic mass is 10.0. The van der Waals surface area contributed by atoms with E-state index in [0.717, 1.165) is 19.5 Å². The Bertz CT molecular complexity index is 170. The zero-order valence-corrected chi connectivity index (χ0v) is 5.54. The Morgan fingerprint density at radius 2 is 2.78 bits per heavy atom. The van der Waals surface area contributed by atoms with Gasteiger partial charge in [-0.05, 0) is 0 Å². The van der Waals surface area contributed by atoms with E-state index in [1.165, 1.54) is 0 Å². The van der Waals surface area contributed by atoms with Gasteiger partial charge in [0.25, 0.3) is 7.41 Å². The van der Waals surface area contributed by atoms with Gasteiger partial charge in [-0.1, -0.05) is 12.9 Å². The Kier molecular flexibility index (Phi) is 2.25. The van der Waals surface area contributed by atoms with E-state index in [9.17, 15) is 0 Å². The van der Waals surface area contributed by atoms with E-state index in [0.29, 0.717) is 0 Å². The van der Waals surface area contributed by atoms with E-state index in [4.69, 9.17) is 0 Å². The van der Waals surface area contributed by atoms with Crippen molar-refractivity contribution in [3.05, 3.63) is 12.3 Å². The van der Waals surface area contributed by atoms with Gasteiger partial charge in [0, 0.05) is 18.8 Å². The van der Waals surface area contributed by atoms with Crippen molar-refractivity contribution in [3.63, 3.8) is 0 Å². The van der Waals surface area contributed by atoms with E-state index in [2.05, 4.69) is 9.90 Å². The van der Waals surface area contributed by atoms with Crippen LogP contribution >= 0.6 is 0 Å². The zero-order chi connectivity index (χ0) is 6.53. The van der Waals surface area contributed by atoms with E-state index in [-0.39, 0.29) is 0 Å². The van der Waals surface area contributed by atoms with Crippen molar-refractivity contribution in [1.29, 1.82) is 0 Å². The molecule has 1 aliphatic heterocycles. The maximum absolute atomic E-state index is 4.06. The predicted molar refractivity (Wildman–Crippen MR) is 42.7 cm³/mol. The Labute approximate surface area is 55.7 Å². The van der Waals surface area contributed by atoms with Crippen LogP contribution in [0.5, 0.6) is 0 Å². The highest BCUT2D eigenvalue weighted by Gasteiger charge is 1.94. The van der Waals surface area contributed by atoms with Gasteiger partial charge >= 0.3 is 0 Å². The molecule has 0 saturated carbocycles. The summed E-state index contributed by atoms with van der Waals surface area (Å²) in [4.78, 5) is 8.12. The van der Waals surface area contributed by atoms with Crippen molar-refractivity contribution in [2.75, 3.05) is 0 Å². The Morgan fingerprint density at radius 3 is 3.33 bits per heavy atom. The van der Waals surface area contributed by atoms with Crippen LogP contribution < -0.4 is 0 Å². The van der Waals surface area contributed by atoms with Crippen molar-refractivity contribution in [2.24, 2.45) is 9.90 Å². The highest BCUT2D eigenvalue weighted by atomic mass is 14.7. The van der Waals surface area contributed by atoms with E-state index >= 15 is 0 Å². The Hall–Kier alpha value is -0.855. The minimum absolute atomic E-state index is 0.846. The van der Waals surface area contributed by atoms with Crippen LogP contribution in [0, 0.1) is 0 Å². The van der Waals surface area contributed by atoms with Crippen LogP contribution in [0.1, 0.15) is 6.42 Å². The molecule has 0 aromatic heterocycles. The van der Waals surface area contributed by atoms with Crippen molar-refractivity contribution < 1.29 is 0 Å². The molecule has 0 spiro atoms. The second kappa shape index (κ2) is 3.23. The van der Waals surface area contributed by atoms with Crippen molar-refractivity contribution in [2.45, 2.75) is 13.2 Å². The summed E-state index contributed by atoms with van der Waals surface area (Å²) in [5, 5.41) is 0. The molecule has 0 atom stereocenters. The third-order valence-electron chi connectivity index (χ3n) is 1.10. The lowest BCUT2D eigenvalue weighted by Crippen LogP contribution is -1.94. The summed E-state index contributed by atoms with van der Waals surface area (Å²) in [7, 11) is 0.846. The highest BCUT2D eigenvalue weighted by molar-refractivity contribution is 6.41. The average Bonchev–Trinajstić information content (AvgIpc) is 2.34. The summed E-state index contributed by atoms with van der Waals surface area (Å²) in [6.07, 6.45) is 6.62. The minimum atomic E-state index is 0.846. The molecule has 3 heteroatoms. The number of nitrogens with zero attached hydrogens (tertiary/aromatic N) is 2. The molecule has 2 nitrogen and oxygen atoms in total. The molecule has 0 bridgehead atoms. The first-order chi connectivity index (χ1) is 4.43. The van der Waals surface area contributed by atoms with Gasteiger partial charge in [0.2, 0.25) is 0 Å². The number of aliphatic imine (C=N–C) groups is 1. The van der Waals surface area contributed by atoms with Crippen molar-refractivity contribution in [1.82, 2.24) is 0 Å². The van der Waals surface area contributed by atoms with Gasteiger partial charge in [0.15, 0.2) is 0 Å². The van der Waals surface area contributed by atoms with Crippen molar-refractivity contribution >= 4 is 19.3 Å². The molecule has 46 valence electrons. The molecule has 0 amide bonds. The van der Waals surface area contributed by atoms with Crippen LogP contribution in [-0.4, -0.2) is 19.3 Å². The van der Waals surface area contributed by atoms with Crippen LogP contribution in [0.25, 0.3) is 0 Å². The molecule has 0 unspecified atom stereocenters. The van der Waals surface area contributed by atoms with Crippen LogP contribution in [0.4, 0.5) is 0 Å². The molecular formula is C6H9BN2. The molecule has 0 aliphatic carbocycles. The molecule has 0 aromatic carbocycles. The van der Waals surface area contributed by atoms with Gasteiger partial charge in [-0.15, -0.1) is 0 Å². The largest absolute Gasteiger partial charge is 0.352 e. The molecular weight excluding hydrogens is 111 g/mol. The summed E-state index contributed by atoms with van der Waals surface area (Å²) in [5.74, 6) is 0. The van der Waals surface area contributed by atoms with E-state index in [1.54, 1.807) is 0 Å². The summed E-state index contributed by atoms with van der Waals surface area (Å²) in [6.45, 7) is 2.01. The molecule has 1 aliphatic rings. The second-order valence-corrected chi connectivity index (χ2v) is 1.84. The quantitative estimate of drug-likeness (QED) is 0.380. The summed E-state index contributed by atoms with van der Waals surface area (Å²) in [6, 6.07) is 0. The molecule has 0 radical (unpaired) electrons. The fourth-order valence-electron chi connectivity index (χ4n) is 0.657. The highest BCUT2D eigenvalue weighted by Crippen LogP contribution is 1.96. The third-order valence-corrected chi connectivity index (χ3v) is 1.10. The molecule has 1 rings (SSSR count). The fraction of sp³-hybridized carbons (Fsp3) is 0.333. The van der Waals surface area contributed by atoms with Gasteiger partial charge in [-0.25, -0.2) is 0 Å². The van der Waals surface area contributed by atoms with Crippen molar-refractivity contribution in [3.8, 4) is 0 Å². The van der Waals surface area contributed by atoms with E-state index in [1.807, 2.05) is 25.3 Å². The molecule has 0 aromatic rings. The molecule has 0 saturated heterocycles. The first kappa shape index (κ1) is 6.27. The minimum Gasteiger partial charge on any atom is -0.352 e. The Morgan fingerprint density at radius 1 is 1.89 bits per heavy atom. The fourth-order valence-corrected chi connectivity index (χ4v) is 0.657. The third kappa shape index (κ3) is 1.84. The van der Waals surface area contributed by atoms with Gasteiger partial charge in [0.05, 0.1) is 5.71 Å². The molecule has 1 heterocycles. The first-order valence-corrected chi connectivity index (χ1v) is 3.15.